The summed E-state index contributed by atoms with van der Waals surface area (Å²) >= 11 is 1.27. The smallest absolute Gasteiger partial charge is 0.239 e. The van der Waals surface area contributed by atoms with E-state index in [4.69, 9.17) is 4.74 Å². The van der Waals surface area contributed by atoms with Crippen molar-refractivity contribution in [3.63, 3.8) is 0 Å². The maximum absolute atomic E-state index is 13.3. The summed E-state index contributed by atoms with van der Waals surface area (Å²) in [6, 6.07) is 6.41. The maximum atomic E-state index is 13.3. The Labute approximate surface area is 127 Å². The first-order valence-electron chi connectivity index (χ1n) is 6.53. The Morgan fingerprint density at radius 3 is 2.71 bits per heavy atom. The summed E-state index contributed by atoms with van der Waals surface area (Å²) in [5, 5.41) is 5.11. The topological polar surface area (TPSA) is 67.4 Å². The van der Waals surface area contributed by atoms with Gasteiger partial charge in [0, 0.05) is 30.7 Å². The summed E-state index contributed by atoms with van der Waals surface area (Å²) in [4.78, 5) is 23.4. The molecule has 0 saturated carbocycles. The maximum Gasteiger partial charge on any atom is 0.239 e. The zero-order chi connectivity index (χ0) is 15.5. The first-order valence-corrected chi connectivity index (χ1v) is 7.51. The average Bonchev–Trinajstić information content (AvgIpc) is 2.47. The minimum atomic E-state index is -0.291. The lowest BCUT2D eigenvalue weighted by molar-refractivity contribution is -0.125. The molecule has 116 valence electrons. The van der Waals surface area contributed by atoms with Crippen molar-refractivity contribution in [1.82, 2.24) is 10.6 Å². The molecule has 0 aliphatic carbocycles. The molecule has 21 heavy (non-hydrogen) atoms. The second-order valence-electron chi connectivity index (χ2n) is 4.15. The normalized spacial score (nSPS) is 10.2. The van der Waals surface area contributed by atoms with Gasteiger partial charge >= 0.3 is 0 Å². The minimum absolute atomic E-state index is 0.0626. The number of carbonyl (C=O) groups excluding carboxylic acids is 2. The summed E-state index contributed by atoms with van der Waals surface area (Å²) in [5.41, 5.74) is 0. The second kappa shape index (κ2) is 10.2. The number of nitrogens with one attached hydrogen (secondary N) is 2. The lowest BCUT2D eigenvalue weighted by Crippen LogP contribution is -2.38. The molecule has 0 fully saturated rings. The molecule has 0 unspecified atom stereocenters. The van der Waals surface area contributed by atoms with Crippen molar-refractivity contribution in [3.8, 4) is 0 Å². The van der Waals surface area contributed by atoms with Gasteiger partial charge < -0.3 is 15.4 Å². The number of thioether (sulfide) groups is 1. The number of hydrogen-bond acceptors (Lipinski definition) is 4. The lowest BCUT2D eigenvalue weighted by atomic mass is 10.3. The predicted molar refractivity (Wildman–Crippen MR) is 79.6 cm³/mol. The van der Waals surface area contributed by atoms with E-state index >= 15 is 0 Å². The molecule has 0 aliphatic heterocycles. The number of carbonyl (C=O) groups is 2. The zero-order valence-corrected chi connectivity index (χ0v) is 12.7. The van der Waals surface area contributed by atoms with E-state index in [1.54, 1.807) is 25.3 Å². The van der Waals surface area contributed by atoms with Crippen LogP contribution in [0.5, 0.6) is 0 Å². The van der Waals surface area contributed by atoms with Gasteiger partial charge in [0.05, 0.1) is 13.2 Å². The first-order chi connectivity index (χ1) is 10.1. The van der Waals surface area contributed by atoms with Crippen LogP contribution in [0.2, 0.25) is 0 Å². The van der Waals surface area contributed by atoms with Crippen molar-refractivity contribution >= 4 is 23.6 Å². The molecular formula is C14H19FN2O3S. The Balaban J connectivity index is 2.14. The third-order valence-corrected chi connectivity index (χ3v) is 3.55. The standard InChI is InChI=1S/C14H19FN2O3S/c1-20-8-7-16-14(19)10-17-13(18)6-9-21-12-5-3-2-4-11(12)15/h2-5H,6-10H2,1H3,(H,16,19)(H,17,18). The molecule has 2 N–H and O–H groups in total. The van der Waals surface area contributed by atoms with E-state index in [9.17, 15) is 14.0 Å². The van der Waals surface area contributed by atoms with Gasteiger partial charge in [-0.05, 0) is 12.1 Å². The Bertz CT molecular complexity index is 471. The van der Waals surface area contributed by atoms with Crippen LogP contribution in [-0.4, -0.2) is 44.4 Å². The minimum Gasteiger partial charge on any atom is -0.383 e. The molecule has 0 atom stereocenters. The fourth-order valence-electron chi connectivity index (χ4n) is 1.44. The van der Waals surface area contributed by atoms with Gasteiger partial charge in [-0.1, -0.05) is 12.1 Å². The van der Waals surface area contributed by atoms with E-state index in [-0.39, 0.29) is 30.6 Å². The van der Waals surface area contributed by atoms with Gasteiger partial charge in [0.1, 0.15) is 5.82 Å². The van der Waals surface area contributed by atoms with Crippen molar-refractivity contribution in [1.29, 1.82) is 0 Å². The summed E-state index contributed by atoms with van der Waals surface area (Å²) in [6.07, 6.45) is 0.227. The Hall–Kier alpha value is -1.60. The molecule has 1 rings (SSSR count). The Morgan fingerprint density at radius 1 is 1.24 bits per heavy atom. The monoisotopic (exact) mass is 314 g/mol. The lowest BCUT2D eigenvalue weighted by Gasteiger charge is -2.06. The van der Waals surface area contributed by atoms with Gasteiger partial charge in [-0.15, -0.1) is 11.8 Å². The van der Waals surface area contributed by atoms with Gasteiger partial charge in [0.15, 0.2) is 0 Å². The van der Waals surface area contributed by atoms with E-state index in [2.05, 4.69) is 10.6 Å². The molecule has 5 nitrogen and oxygen atoms in total. The van der Waals surface area contributed by atoms with Gasteiger partial charge in [-0.25, -0.2) is 4.39 Å². The van der Waals surface area contributed by atoms with Crippen molar-refractivity contribution in [2.75, 3.05) is 32.6 Å². The molecule has 0 spiro atoms. The van der Waals surface area contributed by atoms with E-state index < -0.39 is 0 Å². The number of methoxy groups -OCH3 is 1. The van der Waals surface area contributed by atoms with Crippen LogP contribution in [0.4, 0.5) is 4.39 Å². The van der Waals surface area contributed by atoms with Crippen molar-refractivity contribution in [2.45, 2.75) is 11.3 Å². The predicted octanol–water partition coefficient (Wildman–Crippen LogP) is 1.19. The molecule has 0 bridgehead atoms. The highest BCUT2D eigenvalue weighted by atomic mass is 32.2. The molecule has 0 aromatic heterocycles. The largest absolute Gasteiger partial charge is 0.383 e. The van der Waals surface area contributed by atoms with E-state index in [0.717, 1.165) is 0 Å². The molecule has 1 aromatic carbocycles. The van der Waals surface area contributed by atoms with Crippen LogP contribution >= 0.6 is 11.8 Å². The van der Waals surface area contributed by atoms with E-state index in [1.807, 2.05) is 0 Å². The highest BCUT2D eigenvalue weighted by molar-refractivity contribution is 7.99. The Morgan fingerprint density at radius 2 is 2.00 bits per heavy atom. The molecular weight excluding hydrogens is 295 g/mol. The molecule has 2 amide bonds. The zero-order valence-electron chi connectivity index (χ0n) is 11.9. The van der Waals surface area contributed by atoms with E-state index in [0.29, 0.717) is 23.8 Å². The molecule has 7 heteroatoms. The number of ether oxygens (including phenoxy) is 1. The van der Waals surface area contributed by atoms with Crippen molar-refractivity contribution in [2.24, 2.45) is 0 Å². The van der Waals surface area contributed by atoms with Gasteiger partial charge in [-0.2, -0.15) is 0 Å². The van der Waals surface area contributed by atoms with Crippen LogP contribution in [0.15, 0.2) is 29.2 Å². The number of rotatable bonds is 9. The summed E-state index contributed by atoms with van der Waals surface area (Å²) in [5.74, 6) is -0.332. The van der Waals surface area contributed by atoms with Gasteiger partial charge in [0.2, 0.25) is 11.8 Å². The fourth-order valence-corrected chi connectivity index (χ4v) is 2.33. The number of amides is 2. The third kappa shape index (κ3) is 7.67. The molecule has 0 heterocycles. The molecule has 0 aliphatic rings. The number of hydrogen-bond donors (Lipinski definition) is 2. The average molecular weight is 314 g/mol. The third-order valence-electron chi connectivity index (χ3n) is 2.50. The van der Waals surface area contributed by atoms with Crippen molar-refractivity contribution < 1.29 is 18.7 Å². The van der Waals surface area contributed by atoms with E-state index in [1.165, 1.54) is 17.8 Å². The second-order valence-corrected chi connectivity index (χ2v) is 5.29. The van der Waals surface area contributed by atoms with Crippen LogP contribution in [0, 0.1) is 5.82 Å². The van der Waals surface area contributed by atoms with Crippen molar-refractivity contribution in [3.05, 3.63) is 30.1 Å². The first kappa shape index (κ1) is 17.5. The van der Waals surface area contributed by atoms with Gasteiger partial charge in [0.25, 0.3) is 0 Å². The summed E-state index contributed by atoms with van der Waals surface area (Å²) in [6.45, 7) is 0.778. The number of benzene rings is 1. The quantitative estimate of drug-likeness (QED) is 0.531. The molecule has 0 saturated heterocycles. The summed E-state index contributed by atoms with van der Waals surface area (Å²) < 4.78 is 18.1. The molecule has 1 aromatic rings. The highest BCUT2D eigenvalue weighted by Crippen LogP contribution is 2.21. The summed E-state index contributed by atoms with van der Waals surface area (Å²) in [7, 11) is 1.54. The Kier molecular flexibility index (Phi) is 8.45. The highest BCUT2D eigenvalue weighted by Gasteiger charge is 2.06. The van der Waals surface area contributed by atoms with Crippen LogP contribution in [-0.2, 0) is 14.3 Å². The molecule has 0 radical (unpaired) electrons. The van der Waals surface area contributed by atoms with Crippen LogP contribution in [0.25, 0.3) is 0 Å². The number of halogens is 1. The van der Waals surface area contributed by atoms with Crippen LogP contribution < -0.4 is 10.6 Å². The van der Waals surface area contributed by atoms with Gasteiger partial charge in [-0.3, -0.25) is 9.59 Å². The fraction of sp³-hybridized carbons (Fsp3) is 0.429. The SMILES string of the molecule is COCCNC(=O)CNC(=O)CCSc1ccccc1F. The van der Waals surface area contributed by atoms with Crippen LogP contribution in [0.3, 0.4) is 0 Å². The van der Waals surface area contributed by atoms with Crippen LogP contribution in [0.1, 0.15) is 6.42 Å².